The Morgan fingerprint density at radius 1 is 1.16 bits per heavy atom. The third kappa shape index (κ3) is 4.01. The van der Waals surface area contributed by atoms with Gasteiger partial charge in [0.1, 0.15) is 0 Å². The highest BCUT2D eigenvalue weighted by Gasteiger charge is 2.35. The normalized spacial score (nSPS) is 24.6. The van der Waals surface area contributed by atoms with E-state index in [1.807, 2.05) is 4.90 Å². The quantitative estimate of drug-likeness (QED) is 0.777. The number of nitrogens with zero attached hydrogens (tertiary/aromatic N) is 2. The molecule has 1 N–H and O–H groups in total. The second-order valence-electron chi connectivity index (χ2n) is 8.98. The molecular formula is C23H27N3O4S. The highest BCUT2D eigenvalue weighted by Crippen LogP contribution is 2.39. The smallest absolute Gasteiger partial charge is 0.257 e. The van der Waals surface area contributed by atoms with Gasteiger partial charge < -0.3 is 14.4 Å². The van der Waals surface area contributed by atoms with Gasteiger partial charge in [-0.15, -0.1) is 11.3 Å². The van der Waals surface area contributed by atoms with E-state index in [0.29, 0.717) is 34.0 Å². The number of thiazole rings is 1. The number of benzene rings is 1. The molecular weight excluding hydrogens is 414 g/mol. The number of carbonyl (C=O) groups is 2. The topological polar surface area (TPSA) is 80.8 Å². The van der Waals surface area contributed by atoms with Crippen LogP contribution in [0.25, 0.3) is 0 Å². The number of aryl methyl sites for hydroxylation is 1. The molecule has 7 nitrogen and oxygen atoms in total. The summed E-state index contributed by atoms with van der Waals surface area (Å²) in [6.45, 7) is 6.26. The lowest BCUT2D eigenvalue weighted by Gasteiger charge is -2.37. The first-order valence-corrected chi connectivity index (χ1v) is 11.8. The number of hydrogen-bond acceptors (Lipinski definition) is 6. The van der Waals surface area contributed by atoms with Gasteiger partial charge in [-0.2, -0.15) is 0 Å². The summed E-state index contributed by atoms with van der Waals surface area (Å²) >= 11 is 1.48. The van der Waals surface area contributed by atoms with Crippen molar-refractivity contribution in [3.63, 3.8) is 0 Å². The average molecular weight is 442 g/mol. The number of amides is 2. The van der Waals surface area contributed by atoms with Crippen molar-refractivity contribution in [2.45, 2.75) is 45.4 Å². The van der Waals surface area contributed by atoms with Crippen LogP contribution in [0.2, 0.25) is 0 Å². The van der Waals surface area contributed by atoms with Crippen molar-refractivity contribution in [2.24, 2.45) is 11.8 Å². The molecule has 3 heterocycles. The third-order valence-corrected chi connectivity index (χ3v) is 7.33. The number of nitrogens with one attached hydrogen (secondary N) is 1. The molecule has 8 heteroatoms. The maximum atomic E-state index is 13.3. The molecule has 3 atom stereocenters. The van der Waals surface area contributed by atoms with Crippen molar-refractivity contribution in [2.75, 3.05) is 25.2 Å². The van der Waals surface area contributed by atoms with Gasteiger partial charge in [-0.3, -0.25) is 14.9 Å². The van der Waals surface area contributed by atoms with Gasteiger partial charge in [0.25, 0.3) is 5.91 Å². The predicted octanol–water partition coefficient (Wildman–Crippen LogP) is 4.05. The highest BCUT2D eigenvalue weighted by atomic mass is 32.1. The van der Waals surface area contributed by atoms with Gasteiger partial charge in [0, 0.05) is 23.5 Å². The lowest BCUT2D eigenvalue weighted by Crippen LogP contribution is -2.45. The molecule has 2 aliphatic heterocycles. The van der Waals surface area contributed by atoms with Gasteiger partial charge in [0.15, 0.2) is 16.6 Å². The zero-order chi connectivity index (χ0) is 21.5. The second kappa shape index (κ2) is 8.15. The fourth-order valence-electron chi connectivity index (χ4n) is 4.98. The summed E-state index contributed by atoms with van der Waals surface area (Å²) in [5.74, 6) is 2.02. The summed E-state index contributed by atoms with van der Waals surface area (Å²) in [4.78, 5) is 33.9. The lowest BCUT2D eigenvalue weighted by molar-refractivity contribution is -0.136. The maximum absolute atomic E-state index is 13.3. The monoisotopic (exact) mass is 441 g/mol. The number of hydrogen-bond donors (Lipinski definition) is 1. The Kier molecular flexibility index (Phi) is 5.33. The van der Waals surface area contributed by atoms with E-state index in [4.69, 9.17) is 14.5 Å². The van der Waals surface area contributed by atoms with Crippen molar-refractivity contribution in [1.29, 1.82) is 0 Å². The molecule has 1 aromatic heterocycles. The molecule has 1 aliphatic carbocycles. The lowest BCUT2D eigenvalue weighted by atomic mass is 9.87. The number of ether oxygens (including phenoxy) is 2. The molecule has 0 radical (unpaired) electrons. The van der Waals surface area contributed by atoms with E-state index >= 15 is 0 Å². The van der Waals surface area contributed by atoms with Crippen LogP contribution in [-0.4, -0.2) is 41.6 Å². The van der Waals surface area contributed by atoms with E-state index in [-0.39, 0.29) is 24.5 Å². The summed E-state index contributed by atoms with van der Waals surface area (Å²) in [6.07, 6.45) is 3.88. The van der Waals surface area contributed by atoms with Crippen LogP contribution in [0.15, 0.2) is 18.2 Å². The minimum atomic E-state index is -0.244. The number of rotatable bonds is 3. The molecule has 0 unspecified atom stereocenters. The Bertz CT molecular complexity index is 1010. The third-order valence-electron chi connectivity index (χ3n) is 6.29. The van der Waals surface area contributed by atoms with E-state index < -0.39 is 0 Å². The van der Waals surface area contributed by atoms with Crippen LogP contribution in [-0.2, 0) is 11.2 Å². The number of fused-ring (bicyclic) bond motifs is 2. The summed E-state index contributed by atoms with van der Waals surface area (Å²) in [5, 5.41) is 3.46. The van der Waals surface area contributed by atoms with E-state index in [1.54, 1.807) is 18.2 Å². The Labute approximate surface area is 185 Å². The Hall–Kier alpha value is -2.61. The molecule has 1 saturated heterocycles. The Balaban J connectivity index is 1.33. The summed E-state index contributed by atoms with van der Waals surface area (Å²) in [5.41, 5.74) is 1.34. The van der Waals surface area contributed by atoms with Crippen LogP contribution < -0.4 is 14.8 Å². The number of piperidine rings is 1. The first-order valence-electron chi connectivity index (χ1n) is 11.0. The summed E-state index contributed by atoms with van der Waals surface area (Å²) in [7, 11) is 0. The van der Waals surface area contributed by atoms with E-state index in [1.165, 1.54) is 17.8 Å². The van der Waals surface area contributed by atoms with Gasteiger partial charge in [0.2, 0.25) is 12.7 Å². The van der Waals surface area contributed by atoms with E-state index in [0.717, 1.165) is 42.9 Å². The average Bonchev–Trinajstić information content (AvgIpc) is 3.37. The van der Waals surface area contributed by atoms with Crippen molar-refractivity contribution in [3.8, 4) is 11.5 Å². The van der Waals surface area contributed by atoms with Gasteiger partial charge in [-0.1, -0.05) is 13.8 Å². The second-order valence-corrected chi connectivity index (χ2v) is 10.1. The predicted molar refractivity (Wildman–Crippen MR) is 118 cm³/mol. The molecule has 2 aromatic rings. The standard InChI is InChI=1S/C23H27N3O4S/c1-13-8-14(2)11-26(10-13)22(28)16-4-3-5-19-20(16)24-23(31-19)25-21(27)15-6-7-17-18(9-15)30-12-29-17/h6-7,9,13-14,16H,3-5,8,10-12H2,1-2H3,(H,24,25,27)/t13-,14+,16-/m1/s1. The molecule has 0 saturated carbocycles. The van der Waals surface area contributed by atoms with Crippen molar-refractivity contribution in [1.82, 2.24) is 9.88 Å². The van der Waals surface area contributed by atoms with Crippen LogP contribution in [0.3, 0.4) is 0 Å². The van der Waals surface area contributed by atoms with Crippen LogP contribution >= 0.6 is 11.3 Å². The summed E-state index contributed by atoms with van der Waals surface area (Å²) in [6, 6.07) is 5.12. The summed E-state index contributed by atoms with van der Waals surface area (Å²) < 4.78 is 10.7. The molecule has 3 aliphatic rings. The maximum Gasteiger partial charge on any atom is 0.257 e. The zero-order valence-corrected chi connectivity index (χ0v) is 18.7. The van der Waals surface area contributed by atoms with E-state index in [9.17, 15) is 9.59 Å². The largest absolute Gasteiger partial charge is 0.454 e. The SMILES string of the molecule is C[C@@H]1C[C@H](C)CN(C(=O)[C@@H]2CCCc3sc(NC(=O)c4ccc5c(c4)OCO5)nc32)C1. The number of carbonyl (C=O) groups excluding carboxylic acids is 2. The number of aromatic nitrogens is 1. The Morgan fingerprint density at radius 3 is 2.74 bits per heavy atom. The molecule has 164 valence electrons. The first kappa shape index (κ1) is 20.3. The van der Waals surface area contributed by atoms with Gasteiger partial charge in [-0.05, 0) is 55.7 Å². The van der Waals surface area contributed by atoms with Crippen molar-refractivity contribution in [3.05, 3.63) is 34.3 Å². The van der Waals surface area contributed by atoms with Crippen LogP contribution in [0, 0.1) is 11.8 Å². The number of anilines is 1. The van der Waals surface area contributed by atoms with Gasteiger partial charge in [-0.25, -0.2) is 4.98 Å². The molecule has 0 bridgehead atoms. The minimum Gasteiger partial charge on any atom is -0.454 e. The molecule has 1 aromatic carbocycles. The fraction of sp³-hybridized carbons (Fsp3) is 0.522. The molecule has 31 heavy (non-hydrogen) atoms. The van der Waals surface area contributed by atoms with Crippen LogP contribution in [0.4, 0.5) is 5.13 Å². The zero-order valence-electron chi connectivity index (χ0n) is 17.8. The molecule has 1 fully saturated rings. The highest BCUT2D eigenvalue weighted by molar-refractivity contribution is 7.16. The molecule has 5 rings (SSSR count). The molecule has 2 amide bonds. The van der Waals surface area contributed by atoms with Gasteiger partial charge >= 0.3 is 0 Å². The van der Waals surface area contributed by atoms with Gasteiger partial charge in [0.05, 0.1) is 11.6 Å². The van der Waals surface area contributed by atoms with Crippen molar-refractivity contribution >= 4 is 28.3 Å². The Morgan fingerprint density at radius 2 is 1.94 bits per heavy atom. The first-order chi connectivity index (χ1) is 15.0. The van der Waals surface area contributed by atoms with Crippen LogP contribution in [0.1, 0.15) is 60.0 Å². The van der Waals surface area contributed by atoms with Crippen molar-refractivity contribution < 1.29 is 19.1 Å². The fourth-order valence-corrected chi connectivity index (χ4v) is 6.04. The molecule has 0 spiro atoms. The van der Waals surface area contributed by atoms with Crippen LogP contribution in [0.5, 0.6) is 11.5 Å². The minimum absolute atomic E-state index is 0.170. The van der Waals surface area contributed by atoms with E-state index in [2.05, 4.69) is 19.2 Å². The number of likely N-dealkylation sites (tertiary alicyclic amines) is 1.